The van der Waals surface area contributed by atoms with Gasteiger partial charge in [0.05, 0.1) is 19.3 Å². The number of halogens is 1. The Morgan fingerprint density at radius 3 is 2.70 bits per heavy atom. The molecule has 0 aliphatic heterocycles. The maximum absolute atomic E-state index is 9.78. The molecule has 0 fully saturated rings. The van der Waals surface area contributed by atoms with Crippen LogP contribution in [0.25, 0.3) is 0 Å². The van der Waals surface area contributed by atoms with Crippen LogP contribution < -0.4 is 10.5 Å². The van der Waals surface area contributed by atoms with E-state index in [1.54, 1.807) is 7.11 Å². The summed E-state index contributed by atoms with van der Waals surface area (Å²) in [6.45, 7) is 3.20. The van der Waals surface area contributed by atoms with Crippen molar-refractivity contribution in [3.63, 3.8) is 0 Å². The van der Waals surface area contributed by atoms with Crippen LogP contribution in [0.3, 0.4) is 0 Å². The first-order valence-electron chi connectivity index (χ1n) is 6.46. The molecular weight excluding hydrogens is 326 g/mol. The molecule has 0 heterocycles. The molecule has 0 bridgehead atoms. The van der Waals surface area contributed by atoms with E-state index in [0.717, 1.165) is 10.0 Å². The van der Waals surface area contributed by atoms with Crippen molar-refractivity contribution in [1.29, 1.82) is 0 Å². The van der Waals surface area contributed by atoms with Crippen molar-refractivity contribution < 1.29 is 19.3 Å². The standard InChI is InChI=1S/C14H22BrNO4/c1-10(7-18-2)19-8-12(17)9-20-13-3-4-14(15)11(5-13)6-16/h3-5,10,12,17H,6-9,16H2,1-2H3. The molecule has 1 rings (SSSR count). The highest BCUT2D eigenvalue weighted by Crippen LogP contribution is 2.22. The van der Waals surface area contributed by atoms with Crippen LogP contribution in [0, 0.1) is 0 Å². The molecule has 0 saturated carbocycles. The highest BCUT2D eigenvalue weighted by atomic mass is 79.9. The Morgan fingerprint density at radius 2 is 2.05 bits per heavy atom. The van der Waals surface area contributed by atoms with E-state index < -0.39 is 6.10 Å². The molecule has 20 heavy (non-hydrogen) atoms. The molecule has 1 aromatic rings. The fraction of sp³-hybridized carbons (Fsp3) is 0.571. The molecule has 6 heteroatoms. The van der Waals surface area contributed by atoms with Crippen molar-refractivity contribution >= 4 is 15.9 Å². The molecule has 0 amide bonds. The van der Waals surface area contributed by atoms with Crippen LogP contribution >= 0.6 is 15.9 Å². The minimum Gasteiger partial charge on any atom is -0.491 e. The van der Waals surface area contributed by atoms with Crippen molar-refractivity contribution in [2.24, 2.45) is 5.73 Å². The first-order chi connectivity index (χ1) is 9.56. The van der Waals surface area contributed by atoms with Gasteiger partial charge in [0, 0.05) is 18.1 Å². The van der Waals surface area contributed by atoms with Crippen LogP contribution in [-0.2, 0) is 16.0 Å². The Labute approximate surface area is 128 Å². The van der Waals surface area contributed by atoms with Gasteiger partial charge in [-0.25, -0.2) is 0 Å². The molecule has 2 atom stereocenters. The summed E-state index contributed by atoms with van der Waals surface area (Å²) in [4.78, 5) is 0. The summed E-state index contributed by atoms with van der Waals surface area (Å²) in [5, 5.41) is 9.78. The zero-order valence-corrected chi connectivity index (χ0v) is 13.4. The molecule has 3 N–H and O–H groups in total. The van der Waals surface area contributed by atoms with Gasteiger partial charge in [-0.3, -0.25) is 0 Å². The van der Waals surface area contributed by atoms with Gasteiger partial charge in [-0.15, -0.1) is 0 Å². The van der Waals surface area contributed by atoms with Crippen molar-refractivity contribution in [2.45, 2.75) is 25.7 Å². The lowest BCUT2D eigenvalue weighted by atomic mass is 10.2. The second-order valence-corrected chi connectivity index (χ2v) is 5.38. The van der Waals surface area contributed by atoms with E-state index in [2.05, 4.69) is 15.9 Å². The summed E-state index contributed by atoms with van der Waals surface area (Å²) in [6, 6.07) is 5.55. The predicted molar refractivity (Wildman–Crippen MR) is 80.8 cm³/mol. The third-order valence-corrected chi connectivity index (χ3v) is 3.43. The number of methoxy groups -OCH3 is 1. The second-order valence-electron chi connectivity index (χ2n) is 4.52. The fourth-order valence-corrected chi connectivity index (χ4v) is 2.00. The number of ether oxygens (including phenoxy) is 3. The number of hydrogen-bond donors (Lipinski definition) is 2. The molecule has 0 aromatic heterocycles. The van der Waals surface area contributed by atoms with Gasteiger partial charge in [-0.1, -0.05) is 15.9 Å². The fourth-order valence-electron chi connectivity index (χ4n) is 1.60. The van der Waals surface area contributed by atoms with E-state index >= 15 is 0 Å². The number of rotatable bonds is 9. The lowest BCUT2D eigenvalue weighted by Crippen LogP contribution is -2.27. The predicted octanol–water partition coefficient (Wildman–Crippen LogP) is 1.70. The quantitative estimate of drug-likeness (QED) is 0.711. The average Bonchev–Trinajstić information content (AvgIpc) is 2.44. The van der Waals surface area contributed by atoms with Gasteiger partial charge < -0.3 is 25.1 Å². The highest BCUT2D eigenvalue weighted by Gasteiger charge is 2.09. The first-order valence-corrected chi connectivity index (χ1v) is 7.26. The molecule has 0 saturated heterocycles. The monoisotopic (exact) mass is 347 g/mol. The number of hydrogen-bond acceptors (Lipinski definition) is 5. The lowest BCUT2D eigenvalue weighted by molar-refractivity contribution is -0.0423. The molecular formula is C14H22BrNO4. The van der Waals surface area contributed by atoms with Crippen molar-refractivity contribution in [2.75, 3.05) is 26.9 Å². The Balaban J connectivity index is 2.35. The van der Waals surface area contributed by atoms with E-state index in [0.29, 0.717) is 18.9 Å². The molecule has 0 aliphatic rings. The molecule has 0 aliphatic carbocycles. The Kier molecular flexibility index (Phi) is 8.09. The van der Waals surface area contributed by atoms with Gasteiger partial charge in [0.25, 0.3) is 0 Å². The Morgan fingerprint density at radius 1 is 1.30 bits per heavy atom. The number of aliphatic hydroxyl groups is 1. The van der Waals surface area contributed by atoms with Crippen LogP contribution in [0.15, 0.2) is 22.7 Å². The highest BCUT2D eigenvalue weighted by molar-refractivity contribution is 9.10. The third-order valence-electron chi connectivity index (χ3n) is 2.65. The molecule has 1 aromatic carbocycles. The summed E-state index contributed by atoms with van der Waals surface area (Å²) in [7, 11) is 1.61. The molecule has 5 nitrogen and oxygen atoms in total. The molecule has 0 radical (unpaired) electrons. The minimum absolute atomic E-state index is 0.0498. The van der Waals surface area contributed by atoms with Gasteiger partial charge in [0.2, 0.25) is 0 Å². The van der Waals surface area contributed by atoms with Crippen LogP contribution in [0.5, 0.6) is 5.75 Å². The van der Waals surface area contributed by atoms with Crippen LogP contribution in [0.2, 0.25) is 0 Å². The summed E-state index contributed by atoms with van der Waals surface area (Å²) < 4.78 is 16.8. The average molecular weight is 348 g/mol. The molecule has 0 spiro atoms. The minimum atomic E-state index is -0.681. The van der Waals surface area contributed by atoms with E-state index in [-0.39, 0.29) is 19.3 Å². The van der Waals surface area contributed by atoms with E-state index in [9.17, 15) is 5.11 Å². The van der Waals surface area contributed by atoms with Crippen LogP contribution in [-0.4, -0.2) is 44.2 Å². The largest absolute Gasteiger partial charge is 0.491 e. The number of benzene rings is 1. The summed E-state index contributed by atoms with van der Waals surface area (Å²) in [5.41, 5.74) is 6.58. The SMILES string of the molecule is COCC(C)OCC(O)COc1ccc(Br)c(CN)c1. The normalized spacial score (nSPS) is 14.1. The van der Waals surface area contributed by atoms with E-state index in [1.807, 2.05) is 25.1 Å². The van der Waals surface area contributed by atoms with Gasteiger partial charge in [-0.2, -0.15) is 0 Å². The zero-order valence-electron chi connectivity index (χ0n) is 11.8. The lowest BCUT2D eigenvalue weighted by Gasteiger charge is -2.16. The van der Waals surface area contributed by atoms with Crippen molar-refractivity contribution in [3.8, 4) is 5.75 Å². The topological polar surface area (TPSA) is 73.9 Å². The summed E-state index contributed by atoms with van der Waals surface area (Å²) in [5.74, 6) is 0.678. The van der Waals surface area contributed by atoms with Crippen LogP contribution in [0.4, 0.5) is 0 Å². The Bertz CT molecular complexity index is 403. The van der Waals surface area contributed by atoms with Crippen molar-refractivity contribution in [3.05, 3.63) is 28.2 Å². The smallest absolute Gasteiger partial charge is 0.119 e. The number of aliphatic hydroxyl groups excluding tert-OH is 1. The van der Waals surface area contributed by atoms with Gasteiger partial charge >= 0.3 is 0 Å². The first kappa shape index (κ1) is 17.4. The van der Waals surface area contributed by atoms with E-state index in [1.165, 1.54) is 0 Å². The second kappa shape index (κ2) is 9.31. The number of nitrogens with two attached hydrogens (primary N) is 1. The maximum atomic E-state index is 9.78. The summed E-state index contributed by atoms with van der Waals surface area (Å²) in [6.07, 6.45) is -0.731. The molecule has 2 unspecified atom stereocenters. The van der Waals surface area contributed by atoms with Crippen LogP contribution in [0.1, 0.15) is 12.5 Å². The zero-order chi connectivity index (χ0) is 15.0. The summed E-state index contributed by atoms with van der Waals surface area (Å²) >= 11 is 3.41. The van der Waals surface area contributed by atoms with Gasteiger partial charge in [0.1, 0.15) is 18.5 Å². The van der Waals surface area contributed by atoms with E-state index in [4.69, 9.17) is 19.9 Å². The van der Waals surface area contributed by atoms with Gasteiger partial charge in [0.15, 0.2) is 0 Å². The van der Waals surface area contributed by atoms with Crippen molar-refractivity contribution in [1.82, 2.24) is 0 Å². The van der Waals surface area contributed by atoms with Gasteiger partial charge in [-0.05, 0) is 30.7 Å². The Hall–Kier alpha value is -0.660. The maximum Gasteiger partial charge on any atom is 0.119 e. The molecule has 114 valence electrons. The third kappa shape index (κ3) is 6.19.